The molecular weight excluding hydrogens is 503 g/mol. The summed E-state index contributed by atoms with van der Waals surface area (Å²) in [5.74, 6) is 3.61. The third kappa shape index (κ3) is 6.07. The van der Waals surface area contributed by atoms with E-state index in [0.29, 0.717) is 30.5 Å². The van der Waals surface area contributed by atoms with Crippen LogP contribution in [-0.2, 0) is 20.1 Å². The molecule has 0 fully saturated rings. The number of aliphatic imine (C=N–C) groups is 1. The first-order valence-corrected chi connectivity index (χ1v) is 9.63. The number of rotatable bonds is 7. The summed E-state index contributed by atoms with van der Waals surface area (Å²) < 4.78 is 12.6. The number of benzene rings is 1. The molecule has 3 aromatic rings. The Morgan fingerprint density at radius 2 is 1.97 bits per heavy atom. The largest absolute Gasteiger partial charge is 0.493 e. The Balaban J connectivity index is 0.00000300. The topological polar surface area (TPSA) is 85.6 Å². The quantitative estimate of drug-likeness (QED) is 0.277. The summed E-state index contributed by atoms with van der Waals surface area (Å²) in [4.78, 5) is 5.88. The second-order valence-electron chi connectivity index (χ2n) is 6.01. The molecule has 0 unspecified atom stereocenters. The smallest absolute Gasteiger partial charge is 0.196 e. The molecule has 29 heavy (non-hydrogen) atoms. The first kappa shape index (κ1) is 22.9. The van der Waals surface area contributed by atoms with E-state index >= 15 is 0 Å². The van der Waals surface area contributed by atoms with Gasteiger partial charge in [0.2, 0.25) is 0 Å². The van der Waals surface area contributed by atoms with Gasteiger partial charge in [-0.05, 0) is 30.5 Å². The van der Waals surface area contributed by atoms with E-state index < -0.39 is 0 Å². The van der Waals surface area contributed by atoms with Crippen LogP contribution in [-0.4, -0.2) is 34.9 Å². The number of guanidine groups is 1. The van der Waals surface area contributed by atoms with Crippen LogP contribution in [0, 0.1) is 6.92 Å². The molecule has 2 aromatic heterocycles. The predicted molar refractivity (Wildman–Crippen MR) is 127 cm³/mol. The van der Waals surface area contributed by atoms with Gasteiger partial charge in [0.05, 0.1) is 20.8 Å². The molecule has 0 aliphatic rings. The average Bonchev–Trinajstić information content (AvgIpc) is 3.34. The van der Waals surface area contributed by atoms with Gasteiger partial charge in [0.1, 0.15) is 12.4 Å². The van der Waals surface area contributed by atoms with Gasteiger partial charge in [-0.1, -0.05) is 6.07 Å². The number of nitrogens with one attached hydrogen (secondary N) is 2. The normalized spacial score (nSPS) is 11.0. The molecule has 0 saturated carbocycles. The van der Waals surface area contributed by atoms with Gasteiger partial charge in [-0.2, -0.15) is 0 Å². The molecule has 1 aromatic carbocycles. The van der Waals surface area contributed by atoms with E-state index in [2.05, 4.69) is 37.3 Å². The summed E-state index contributed by atoms with van der Waals surface area (Å²) in [6, 6.07) is 9.74. The molecule has 2 N–H and O–H groups in total. The number of anilines is 1. The van der Waals surface area contributed by atoms with E-state index in [-0.39, 0.29) is 24.0 Å². The first-order chi connectivity index (χ1) is 13.6. The number of thiophene rings is 1. The van der Waals surface area contributed by atoms with Crippen molar-refractivity contribution in [2.75, 3.05) is 19.5 Å². The fraction of sp³-hybridized carbons (Fsp3) is 0.316. The summed E-state index contributed by atoms with van der Waals surface area (Å²) in [6.45, 7) is 3.00. The summed E-state index contributed by atoms with van der Waals surface area (Å²) >= 11 is 1.69. The van der Waals surface area contributed by atoms with Crippen LogP contribution in [0.4, 0.5) is 5.69 Å². The molecule has 0 amide bonds. The van der Waals surface area contributed by atoms with E-state index in [1.54, 1.807) is 25.6 Å². The van der Waals surface area contributed by atoms with Crippen molar-refractivity contribution in [1.82, 2.24) is 20.1 Å². The number of ether oxygens (including phenoxy) is 2. The number of hydrogen-bond donors (Lipinski definition) is 2. The lowest BCUT2D eigenvalue weighted by Crippen LogP contribution is -2.30. The Labute approximate surface area is 191 Å². The molecule has 0 radical (unpaired) electrons. The molecule has 0 aliphatic carbocycles. The van der Waals surface area contributed by atoms with Crippen molar-refractivity contribution in [3.63, 3.8) is 0 Å². The Hall–Kier alpha value is -2.34. The number of nitrogens with zero attached hydrogens (tertiary/aromatic N) is 4. The summed E-state index contributed by atoms with van der Waals surface area (Å²) in [5, 5.41) is 17.0. The molecule has 0 aliphatic heterocycles. The first-order valence-electron chi connectivity index (χ1n) is 8.75. The van der Waals surface area contributed by atoms with Gasteiger partial charge in [0.15, 0.2) is 23.3 Å². The van der Waals surface area contributed by atoms with Crippen molar-refractivity contribution in [2.45, 2.75) is 20.0 Å². The van der Waals surface area contributed by atoms with Crippen LogP contribution >= 0.6 is 35.3 Å². The van der Waals surface area contributed by atoms with Crippen LogP contribution in [0.1, 0.15) is 16.5 Å². The third-order valence-electron chi connectivity index (χ3n) is 4.22. The highest BCUT2D eigenvalue weighted by molar-refractivity contribution is 14.0. The van der Waals surface area contributed by atoms with E-state index in [1.165, 1.54) is 4.88 Å². The Kier molecular flexibility index (Phi) is 8.70. The average molecular weight is 528 g/mol. The van der Waals surface area contributed by atoms with Gasteiger partial charge < -0.3 is 24.7 Å². The molecular formula is C19H25IN6O2S. The highest BCUT2D eigenvalue weighted by Crippen LogP contribution is 2.29. The van der Waals surface area contributed by atoms with Crippen LogP contribution in [0.2, 0.25) is 0 Å². The number of aromatic nitrogens is 3. The van der Waals surface area contributed by atoms with E-state index in [4.69, 9.17) is 9.47 Å². The second kappa shape index (κ2) is 11.0. The minimum atomic E-state index is 0. The molecule has 10 heteroatoms. The van der Waals surface area contributed by atoms with Gasteiger partial charge in [0, 0.05) is 23.7 Å². The zero-order valence-electron chi connectivity index (χ0n) is 16.8. The number of aryl methyl sites for hydroxylation is 1. The monoisotopic (exact) mass is 528 g/mol. The maximum absolute atomic E-state index is 5.38. The predicted octanol–water partition coefficient (Wildman–Crippen LogP) is 3.58. The Morgan fingerprint density at radius 3 is 2.59 bits per heavy atom. The number of halogens is 1. The lowest BCUT2D eigenvalue weighted by Gasteiger charge is -2.14. The molecule has 0 bridgehead atoms. The maximum atomic E-state index is 5.38. The molecule has 2 heterocycles. The standard InChI is InChI=1S/C19H24N6O2S.HI/c1-13-23-24-18(25(13)2)12-21-19(20-11-15-6-5-9-28-15)22-14-7-8-16(26-3)17(10-14)27-4;/h5-10H,11-12H2,1-4H3,(H2,20,21,22);1H. The molecule has 0 atom stereocenters. The molecule has 0 saturated heterocycles. The fourth-order valence-corrected chi connectivity index (χ4v) is 3.16. The SMILES string of the molecule is COc1ccc(NC(=NCc2nnc(C)n2C)NCc2cccs2)cc1OC.I. The van der Waals surface area contributed by atoms with Gasteiger partial charge in [-0.15, -0.1) is 45.5 Å². The highest BCUT2D eigenvalue weighted by Gasteiger charge is 2.09. The summed E-state index contributed by atoms with van der Waals surface area (Å²) in [6.07, 6.45) is 0. The minimum Gasteiger partial charge on any atom is -0.493 e. The van der Waals surface area contributed by atoms with E-state index in [0.717, 1.165) is 17.3 Å². The van der Waals surface area contributed by atoms with Crippen LogP contribution in [0.25, 0.3) is 0 Å². The molecule has 3 rings (SSSR count). The van der Waals surface area contributed by atoms with Crippen LogP contribution in [0.3, 0.4) is 0 Å². The van der Waals surface area contributed by atoms with Crippen molar-refractivity contribution in [3.05, 3.63) is 52.2 Å². The maximum Gasteiger partial charge on any atom is 0.196 e. The lowest BCUT2D eigenvalue weighted by atomic mass is 10.2. The second-order valence-corrected chi connectivity index (χ2v) is 7.05. The zero-order valence-corrected chi connectivity index (χ0v) is 19.9. The van der Waals surface area contributed by atoms with Gasteiger partial charge in [0.25, 0.3) is 0 Å². The summed E-state index contributed by atoms with van der Waals surface area (Å²) in [7, 11) is 5.16. The summed E-state index contributed by atoms with van der Waals surface area (Å²) in [5.41, 5.74) is 0.837. The van der Waals surface area contributed by atoms with Crippen molar-refractivity contribution in [3.8, 4) is 11.5 Å². The van der Waals surface area contributed by atoms with Gasteiger partial charge in [-0.3, -0.25) is 0 Å². The van der Waals surface area contributed by atoms with Crippen molar-refractivity contribution in [2.24, 2.45) is 12.0 Å². The lowest BCUT2D eigenvalue weighted by molar-refractivity contribution is 0.355. The molecule has 156 valence electrons. The Morgan fingerprint density at radius 1 is 1.17 bits per heavy atom. The van der Waals surface area contributed by atoms with Crippen LogP contribution < -0.4 is 20.1 Å². The molecule has 8 nitrogen and oxygen atoms in total. The van der Waals surface area contributed by atoms with Crippen LogP contribution in [0.15, 0.2) is 40.7 Å². The van der Waals surface area contributed by atoms with Crippen LogP contribution in [0.5, 0.6) is 11.5 Å². The molecule has 0 spiro atoms. The van der Waals surface area contributed by atoms with Gasteiger partial charge in [-0.25, -0.2) is 4.99 Å². The van der Waals surface area contributed by atoms with E-state index in [9.17, 15) is 0 Å². The zero-order chi connectivity index (χ0) is 19.9. The number of hydrogen-bond acceptors (Lipinski definition) is 6. The van der Waals surface area contributed by atoms with Crippen molar-refractivity contribution in [1.29, 1.82) is 0 Å². The van der Waals surface area contributed by atoms with Crippen molar-refractivity contribution < 1.29 is 9.47 Å². The third-order valence-corrected chi connectivity index (χ3v) is 5.09. The number of methoxy groups -OCH3 is 2. The van der Waals surface area contributed by atoms with Gasteiger partial charge >= 0.3 is 0 Å². The van der Waals surface area contributed by atoms with E-state index in [1.807, 2.05) is 42.8 Å². The van der Waals surface area contributed by atoms with Crippen molar-refractivity contribution >= 4 is 47.0 Å². The minimum absolute atomic E-state index is 0. The highest BCUT2D eigenvalue weighted by atomic mass is 127. The fourth-order valence-electron chi connectivity index (χ4n) is 2.51. The Bertz CT molecular complexity index is 942.